The van der Waals surface area contributed by atoms with Crippen LogP contribution in [-0.4, -0.2) is 62.1 Å². The molecule has 4 aromatic rings. The summed E-state index contributed by atoms with van der Waals surface area (Å²) in [6.07, 6.45) is 3.02. The lowest BCUT2D eigenvalue weighted by molar-refractivity contribution is 0.0996. The van der Waals surface area contributed by atoms with Gasteiger partial charge in [0.05, 0.1) is 23.8 Å². The van der Waals surface area contributed by atoms with Gasteiger partial charge in [0.2, 0.25) is 0 Å². The van der Waals surface area contributed by atoms with E-state index in [9.17, 15) is 30.0 Å². The van der Waals surface area contributed by atoms with Gasteiger partial charge in [-0.05, 0) is 95.5 Å². The Morgan fingerprint density at radius 1 is 0.519 bits per heavy atom. The van der Waals surface area contributed by atoms with Gasteiger partial charge in [0.1, 0.15) is 0 Å². The molecule has 0 aliphatic carbocycles. The number of benzene rings is 4. The molecule has 1 aliphatic heterocycles. The number of hydrogen-bond donors (Lipinski definition) is 3. The molecule has 1 amide bonds. The molecular formula is C40H51NO10S3. The predicted octanol–water partition coefficient (Wildman–Crippen LogP) is 6.91. The molecule has 0 unspecified atom stereocenters. The van der Waals surface area contributed by atoms with Crippen molar-refractivity contribution in [3.05, 3.63) is 136 Å². The molecule has 4 aromatic carbocycles. The zero-order valence-electron chi connectivity index (χ0n) is 31.1. The maximum atomic E-state index is 12.4. The largest absolute Gasteiger partial charge is 0.304 e. The Labute approximate surface area is 320 Å². The number of nitrogens with zero attached hydrogens (tertiary/aromatic N) is 1. The highest BCUT2D eigenvalue weighted by atomic mass is 32.2. The Morgan fingerprint density at radius 2 is 0.852 bits per heavy atom. The van der Waals surface area contributed by atoms with Crippen LogP contribution in [0.2, 0.25) is 0 Å². The van der Waals surface area contributed by atoms with Crippen molar-refractivity contribution in [3.63, 3.8) is 0 Å². The van der Waals surface area contributed by atoms with Gasteiger partial charge in [0, 0.05) is 11.3 Å². The van der Waals surface area contributed by atoms with Gasteiger partial charge in [-0.2, -0.15) is 25.3 Å². The summed E-state index contributed by atoms with van der Waals surface area (Å²) in [4.78, 5) is 14.0. The Morgan fingerprint density at radius 3 is 1.19 bits per heavy atom. The average Bonchev–Trinajstić information content (AvgIpc) is 3.42. The highest BCUT2D eigenvalue weighted by molar-refractivity contribution is 7.86. The van der Waals surface area contributed by atoms with Gasteiger partial charge in [0.15, 0.2) is 0 Å². The number of hydrogen-bond acceptors (Lipinski definition) is 7. The minimum atomic E-state index is -3.96. The van der Waals surface area contributed by atoms with E-state index in [-0.39, 0.29) is 29.6 Å². The van der Waals surface area contributed by atoms with Gasteiger partial charge in [-0.15, -0.1) is 0 Å². The Balaban J connectivity index is 0.000000223. The summed E-state index contributed by atoms with van der Waals surface area (Å²) >= 11 is 0. The molecule has 1 heterocycles. The van der Waals surface area contributed by atoms with Crippen molar-refractivity contribution in [2.75, 3.05) is 22.2 Å². The SMILES string of the molecule is CC(C)Cc1ccc(CCS(=O)(=O)O)cc1.CC(C)Cc1ccc(CCS(=O)(=O)O)cc1.O=C1c2ccccc2CN1c1ccc(CCS(=O)(=O)O)cc1. The molecule has 3 N–H and O–H groups in total. The monoisotopic (exact) mass is 801 g/mol. The summed E-state index contributed by atoms with van der Waals surface area (Å²) in [5.41, 5.74) is 7.68. The topological polar surface area (TPSA) is 183 Å². The first-order valence-electron chi connectivity index (χ1n) is 17.7. The van der Waals surface area contributed by atoms with Crippen LogP contribution >= 0.6 is 0 Å². The van der Waals surface area contributed by atoms with Crippen molar-refractivity contribution in [1.82, 2.24) is 0 Å². The van der Waals surface area contributed by atoms with E-state index in [0.717, 1.165) is 46.3 Å². The van der Waals surface area contributed by atoms with Crippen LogP contribution in [0.3, 0.4) is 0 Å². The van der Waals surface area contributed by atoms with Crippen molar-refractivity contribution in [1.29, 1.82) is 0 Å². The van der Waals surface area contributed by atoms with Gasteiger partial charge in [-0.25, -0.2) is 0 Å². The molecular weight excluding hydrogens is 751 g/mol. The van der Waals surface area contributed by atoms with E-state index < -0.39 is 30.4 Å². The minimum Gasteiger partial charge on any atom is -0.304 e. The van der Waals surface area contributed by atoms with Gasteiger partial charge in [0.25, 0.3) is 36.3 Å². The van der Waals surface area contributed by atoms with Crippen molar-refractivity contribution in [3.8, 4) is 0 Å². The zero-order valence-corrected chi connectivity index (χ0v) is 33.6. The second kappa shape index (κ2) is 20.1. The molecule has 0 radical (unpaired) electrons. The van der Waals surface area contributed by atoms with E-state index in [1.54, 1.807) is 29.2 Å². The second-order valence-electron chi connectivity index (χ2n) is 14.2. The van der Waals surface area contributed by atoms with Crippen molar-refractivity contribution < 1.29 is 43.7 Å². The molecule has 0 aromatic heterocycles. The van der Waals surface area contributed by atoms with Crippen molar-refractivity contribution in [2.45, 2.75) is 66.3 Å². The van der Waals surface area contributed by atoms with E-state index in [0.29, 0.717) is 31.2 Å². The molecule has 5 rings (SSSR count). The first-order valence-corrected chi connectivity index (χ1v) is 22.5. The molecule has 0 spiro atoms. The van der Waals surface area contributed by atoms with Gasteiger partial charge >= 0.3 is 0 Å². The highest BCUT2D eigenvalue weighted by Gasteiger charge is 2.27. The number of carbonyl (C=O) groups excluding carboxylic acids is 1. The van der Waals surface area contributed by atoms with Crippen LogP contribution in [0.25, 0.3) is 0 Å². The third kappa shape index (κ3) is 17.0. The van der Waals surface area contributed by atoms with Crippen LogP contribution in [0.15, 0.2) is 97.1 Å². The summed E-state index contributed by atoms with van der Waals surface area (Å²) in [5.74, 6) is 0.474. The van der Waals surface area contributed by atoms with E-state index in [1.165, 1.54) is 11.1 Å². The highest BCUT2D eigenvalue weighted by Crippen LogP contribution is 2.28. The predicted molar refractivity (Wildman–Crippen MR) is 214 cm³/mol. The van der Waals surface area contributed by atoms with E-state index in [1.807, 2.05) is 72.8 Å². The number of rotatable bonds is 14. The van der Waals surface area contributed by atoms with E-state index in [2.05, 4.69) is 27.7 Å². The molecule has 0 atom stereocenters. The third-order valence-electron chi connectivity index (χ3n) is 8.35. The normalized spacial score (nSPS) is 12.9. The van der Waals surface area contributed by atoms with Crippen molar-refractivity contribution >= 4 is 41.9 Å². The second-order valence-corrected chi connectivity index (χ2v) is 18.9. The average molecular weight is 802 g/mol. The van der Waals surface area contributed by atoms with Crippen LogP contribution in [-0.2, 0) is 69.0 Å². The summed E-state index contributed by atoms with van der Waals surface area (Å²) < 4.78 is 89.8. The maximum absolute atomic E-state index is 12.4. The molecule has 0 fully saturated rings. The fourth-order valence-electron chi connectivity index (χ4n) is 5.67. The lowest BCUT2D eigenvalue weighted by atomic mass is 10.0. The molecule has 294 valence electrons. The first kappa shape index (κ1) is 44.5. The van der Waals surface area contributed by atoms with Gasteiger partial charge in [-0.3, -0.25) is 18.5 Å². The molecule has 11 nitrogen and oxygen atoms in total. The minimum absolute atomic E-state index is 0.0266. The molecule has 0 bridgehead atoms. The third-order valence-corrected chi connectivity index (χ3v) is 10.5. The fourth-order valence-corrected chi connectivity index (χ4v) is 7.15. The molecule has 54 heavy (non-hydrogen) atoms. The van der Waals surface area contributed by atoms with Gasteiger partial charge in [-0.1, -0.05) is 107 Å². The van der Waals surface area contributed by atoms with Crippen LogP contribution in [0.5, 0.6) is 0 Å². The van der Waals surface area contributed by atoms with Crippen LogP contribution in [0.1, 0.15) is 71.4 Å². The number of anilines is 1. The molecule has 1 aliphatic rings. The smallest absolute Gasteiger partial charge is 0.265 e. The Hall–Kier alpha value is -3.92. The molecule has 14 heteroatoms. The lowest BCUT2D eigenvalue weighted by Crippen LogP contribution is -2.22. The quantitative estimate of drug-likeness (QED) is 0.113. The van der Waals surface area contributed by atoms with Crippen molar-refractivity contribution in [2.24, 2.45) is 11.8 Å². The van der Waals surface area contributed by atoms with Crippen LogP contribution in [0.4, 0.5) is 5.69 Å². The first-order chi connectivity index (χ1) is 25.2. The fraction of sp³-hybridized carbons (Fsp3) is 0.375. The number of carbonyl (C=O) groups is 1. The lowest BCUT2D eigenvalue weighted by Gasteiger charge is -2.16. The number of amides is 1. The number of fused-ring (bicyclic) bond motifs is 1. The molecule has 0 saturated carbocycles. The maximum Gasteiger partial charge on any atom is 0.265 e. The Bertz CT molecular complexity index is 2050. The number of aryl methyl sites for hydroxylation is 3. The van der Waals surface area contributed by atoms with Crippen LogP contribution in [0, 0.1) is 11.8 Å². The summed E-state index contributed by atoms with van der Waals surface area (Å²) in [7, 11) is -11.7. The molecule has 0 saturated heterocycles. The van der Waals surface area contributed by atoms with Gasteiger partial charge < -0.3 is 4.90 Å². The Kier molecular flexibility index (Phi) is 16.6. The van der Waals surface area contributed by atoms with E-state index >= 15 is 0 Å². The van der Waals surface area contributed by atoms with E-state index in [4.69, 9.17) is 13.7 Å². The zero-order chi connectivity index (χ0) is 40.1. The summed E-state index contributed by atoms with van der Waals surface area (Å²) in [6, 6.07) is 30.4. The summed E-state index contributed by atoms with van der Waals surface area (Å²) in [6.45, 7) is 9.18. The summed E-state index contributed by atoms with van der Waals surface area (Å²) in [5, 5.41) is 0. The van der Waals surface area contributed by atoms with Crippen LogP contribution < -0.4 is 4.90 Å². The standard InChI is InChI=1S/C16H15NO4S.2C12H18O3S/c18-16-15-4-2-1-3-13(15)11-17(16)14-7-5-12(6-8-14)9-10-22(19,20)21;2*1-10(2)9-12-5-3-11(4-6-12)7-8-16(13,14)15/h1-8H,9-11H2,(H,19,20,21);2*3-6,10H,7-9H2,1-2H3,(H,13,14,15).